The van der Waals surface area contributed by atoms with Crippen LogP contribution in [0.25, 0.3) is 10.9 Å². The summed E-state index contributed by atoms with van der Waals surface area (Å²) in [5.41, 5.74) is 1.26. The highest BCUT2D eigenvalue weighted by Crippen LogP contribution is 2.40. The summed E-state index contributed by atoms with van der Waals surface area (Å²) in [6, 6.07) is 8.23. The van der Waals surface area contributed by atoms with Crippen LogP contribution < -0.4 is 0 Å². The number of carbonyl (C=O) groups is 1. The van der Waals surface area contributed by atoms with Crippen molar-refractivity contribution in [1.82, 2.24) is 9.88 Å². The topological polar surface area (TPSA) is 56.3 Å². The van der Waals surface area contributed by atoms with Crippen molar-refractivity contribution in [3.63, 3.8) is 0 Å². The molecule has 0 saturated heterocycles. The molecule has 0 aliphatic carbocycles. The van der Waals surface area contributed by atoms with Crippen LogP contribution >= 0.6 is 0 Å². The van der Waals surface area contributed by atoms with Crippen LogP contribution in [-0.4, -0.2) is 40.6 Å². The molecule has 2 unspecified atom stereocenters. The third-order valence-electron chi connectivity index (χ3n) is 7.88. The zero-order valence-corrected chi connectivity index (χ0v) is 22.4. The standard InChI is InChI=1S/C30H50N2O2/c1-5-6-7-8-9-10-11-12-13-14-15-16-17-18-22-27(30(2,29(33)34)32(3)4)26-24-31-28-23-20-19-21-25(26)28/h19-21,23-24,27,31H,5-18,22H2,1-4H3,(H,33,34). The molecule has 0 aliphatic heterocycles. The highest BCUT2D eigenvalue weighted by molar-refractivity contribution is 5.86. The van der Waals surface area contributed by atoms with Crippen LogP contribution in [-0.2, 0) is 4.79 Å². The molecule has 1 heterocycles. The van der Waals surface area contributed by atoms with Gasteiger partial charge in [-0.25, -0.2) is 0 Å². The van der Waals surface area contributed by atoms with Crippen molar-refractivity contribution >= 4 is 16.9 Å². The number of carboxylic acids is 1. The number of likely N-dealkylation sites (N-methyl/N-ethyl adjacent to an activating group) is 1. The third-order valence-corrected chi connectivity index (χ3v) is 7.88. The average molecular weight is 471 g/mol. The number of hydrogen-bond donors (Lipinski definition) is 2. The van der Waals surface area contributed by atoms with E-state index in [9.17, 15) is 9.90 Å². The van der Waals surface area contributed by atoms with Gasteiger partial charge in [-0.3, -0.25) is 9.69 Å². The predicted octanol–water partition coefficient (Wildman–Crippen LogP) is 8.53. The van der Waals surface area contributed by atoms with E-state index in [4.69, 9.17) is 0 Å². The van der Waals surface area contributed by atoms with Crippen LogP contribution in [0.3, 0.4) is 0 Å². The van der Waals surface area contributed by atoms with E-state index in [1.54, 1.807) is 0 Å². The number of aromatic nitrogens is 1. The van der Waals surface area contributed by atoms with Gasteiger partial charge in [-0.2, -0.15) is 0 Å². The van der Waals surface area contributed by atoms with E-state index in [1.165, 1.54) is 83.5 Å². The SMILES string of the molecule is CCCCCCCCCCCCCCCCC(c1c[nH]c2ccccc12)C(C)(C(=O)O)N(C)C. The molecule has 0 fully saturated rings. The Bertz CT molecular complexity index is 828. The molecule has 0 radical (unpaired) electrons. The maximum absolute atomic E-state index is 12.4. The largest absolute Gasteiger partial charge is 0.480 e. The Morgan fingerprint density at radius 2 is 1.38 bits per heavy atom. The number of benzene rings is 1. The molecule has 2 rings (SSSR count). The highest BCUT2D eigenvalue weighted by Gasteiger charge is 2.44. The maximum Gasteiger partial charge on any atom is 0.324 e. The Labute approximate surface area is 208 Å². The molecule has 2 atom stereocenters. The monoisotopic (exact) mass is 470 g/mol. The number of carboxylic acid groups (broad SMARTS) is 1. The lowest BCUT2D eigenvalue weighted by molar-refractivity contribution is -0.150. The first-order chi connectivity index (χ1) is 16.4. The molecule has 4 nitrogen and oxygen atoms in total. The summed E-state index contributed by atoms with van der Waals surface area (Å²) in [5.74, 6) is -0.813. The Morgan fingerprint density at radius 3 is 1.88 bits per heavy atom. The smallest absolute Gasteiger partial charge is 0.324 e. The van der Waals surface area contributed by atoms with Gasteiger partial charge < -0.3 is 10.1 Å². The van der Waals surface area contributed by atoms with Gasteiger partial charge in [-0.1, -0.05) is 115 Å². The fourth-order valence-electron chi connectivity index (χ4n) is 5.32. The summed E-state index contributed by atoms with van der Waals surface area (Å²) < 4.78 is 0. The molecule has 4 heteroatoms. The number of rotatable bonds is 19. The van der Waals surface area contributed by atoms with Gasteiger partial charge in [0, 0.05) is 23.0 Å². The van der Waals surface area contributed by atoms with Crippen molar-refractivity contribution in [2.24, 2.45) is 0 Å². The van der Waals surface area contributed by atoms with Crippen LogP contribution in [0.15, 0.2) is 30.5 Å². The van der Waals surface area contributed by atoms with Crippen LogP contribution in [0, 0.1) is 0 Å². The zero-order chi connectivity index (χ0) is 24.8. The van der Waals surface area contributed by atoms with Crippen molar-refractivity contribution < 1.29 is 9.90 Å². The number of aliphatic carboxylic acids is 1. The highest BCUT2D eigenvalue weighted by atomic mass is 16.4. The molecular formula is C30H50N2O2. The van der Waals surface area contributed by atoms with Crippen molar-refractivity contribution in [3.05, 3.63) is 36.0 Å². The first-order valence-corrected chi connectivity index (χ1v) is 13.9. The molecule has 0 bridgehead atoms. The van der Waals surface area contributed by atoms with Gasteiger partial charge in [0.15, 0.2) is 0 Å². The van der Waals surface area contributed by atoms with Gasteiger partial charge in [0.1, 0.15) is 5.54 Å². The summed E-state index contributed by atoms with van der Waals surface area (Å²) in [4.78, 5) is 17.7. The number of nitrogens with one attached hydrogen (secondary N) is 1. The van der Waals surface area contributed by atoms with Crippen molar-refractivity contribution in [3.8, 4) is 0 Å². The Hall–Kier alpha value is -1.81. The molecule has 0 aliphatic rings. The maximum atomic E-state index is 12.4. The number of nitrogens with zero attached hydrogens (tertiary/aromatic N) is 1. The zero-order valence-electron chi connectivity index (χ0n) is 22.4. The van der Waals surface area contributed by atoms with Gasteiger partial charge in [0.2, 0.25) is 0 Å². The average Bonchev–Trinajstić information content (AvgIpc) is 3.24. The molecule has 2 aromatic rings. The Balaban J connectivity index is 1.77. The van der Waals surface area contributed by atoms with E-state index >= 15 is 0 Å². The van der Waals surface area contributed by atoms with E-state index in [-0.39, 0.29) is 5.92 Å². The molecule has 192 valence electrons. The number of para-hydroxylation sites is 1. The Kier molecular flexibility index (Phi) is 12.7. The second-order valence-electron chi connectivity index (χ2n) is 10.6. The molecule has 1 aromatic carbocycles. The minimum atomic E-state index is -0.943. The van der Waals surface area contributed by atoms with E-state index in [1.807, 2.05) is 44.2 Å². The Morgan fingerprint density at radius 1 is 0.882 bits per heavy atom. The molecule has 1 aromatic heterocycles. The summed E-state index contributed by atoms with van der Waals surface area (Å²) in [6.07, 6.45) is 21.6. The van der Waals surface area contributed by atoms with E-state index in [2.05, 4.69) is 24.0 Å². The van der Waals surface area contributed by atoms with Crippen molar-refractivity contribution in [2.45, 2.75) is 122 Å². The van der Waals surface area contributed by atoms with Gasteiger partial charge in [-0.05, 0) is 39.1 Å². The summed E-state index contributed by atoms with van der Waals surface area (Å²) in [6.45, 7) is 4.16. The molecule has 34 heavy (non-hydrogen) atoms. The fraction of sp³-hybridized carbons (Fsp3) is 0.700. The lowest BCUT2D eigenvalue weighted by Crippen LogP contribution is -2.53. The van der Waals surface area contributed by atoms with Crippen LogP contribution in [0.2, 0.25) is 0 Å². The lowest BCUT2D eigenvalue weighted by Gasteiger charge is -2.39. The second-order valence-corrected chi connectivity index (χ2v) is 10.6. The molecule has 2 N–H and O–H groups in total. The van der Waals surface area contributed by atoms with Gasteiger partial charge in [0.05, 0.1) is 0 Å². The van der Waals surface area contributed by atoms with Gasteiger partial charge >= 0.3 is 5.97 Å². The lowest BCUT2D eigenvalue weighted by atomic mass is 9.76. The predicted molar refractivity (Wildman–Crippen MR) is 146 cm³/mol. The van der Waals surface area contributed by atoms with E-state index in [0.717, 1.165) is 29.3 Å². The molecule has 0 amide bonds. The third kappa shape index (κ3) is 8.15. The second kappa shape index (κ2) is 15.2. The quantitative estimate of drug-likeness (QED) is 0.202. The summed E-state index contributed by atoms with van der Waals surface area (Å²) in [7, 11) is 3.78. The minimum absolute atomic E-state index is 0.0616. The number of unbranched alkanes of at least 4 members (excludes halogenated alkanes) is 13. The minimum Gasteiger partial charge on any atom is -0.480 e. The van der Waals surface area contributed by atoms with Crippen LogP contribution in [0.4, 0.5) is 0 Å². The number of H-pyrrole nitrogens is 1. The normalized spacial score (nSPS) is 14.5. The van der Waals surface area contributed by atoms with Crippen LogP contribution in [0.5, 0.6) is 0 Å². The summed E-state index contributed by atoms with van der Waals surface area (Å²) >= 11 is 0. The number of fused-ring (bicyclic) bond motifs is 1. The van der Waals surface area contributed by atoms with Crippen molar-refractivity contribution in [2.75, 3.05) is 14.1 Å². The molecule has 0 saturated carbocycles. The van der Waals surface area contributed by atoms with Crippen LogP contribution in [0.1, 0.15) is 122 Å². The number of aromatic amines is 1. The van der Waals surface area contributed by atoms with E-state index < -0.39 is 11.5 Å². The first-order valence-electron chi connectivity index (χ1n) is 13.9. The molecule has 0 spiro atoms. The first kappa shape index (κ1) is 28.4. The number of hydrogen-bond acceptors (Lipinski definition) is 2. The summed E-state index contributed by atoms with van der Waals surface area (Å²) in [5, 5.41) is 11.4. The van der Waals surface area contributed by atoms with Gasteiger partial charge in [-0.15, -0.1) is 0 Å². The molecular weight excluding hydrogens is 420 g/mol. The van der Waals surface area contributed by atoms with E-state index in [0.29, 0.717) is 0 Å². The fourth-order valence-corrected chi connectivity index (χ4v) is 5.32. The van der Waals surface area contributed by atoms with Crippen molar-refractivity contribution in [1.29, 1.82) is 0 Å². The van der Waals surface area contributed by atoms with Gasteiger partial charge in [0.25, 0.3) is 0 Å².